The van der Waals surface area contributed by atoms with Gasteiger partial charge in [-0.2, -0.15) is 0 Å². The van der Waals surface area contributed by atoms with E-state index in [9.17, 15) is 0 Å². The first kappa shape index (κ1) is 13.9. The number of thioether (sulfide) groups is 1. The first-order chi connectivity index (χ1) is 9.17. The van der Waals surface area contributed by atoms with Gasteiger partial charge in [-0.1, -0.05) is 18.7 Å². The predicted octanol–water partition coefficient (Wildman–Crippen LogP) is 2.62. The van der Waals surface area contributed by atoms with Crippen LogP contribution in [0.4, 0.5) is 5.69 Å². The average molecular weight is 282 g/mol. The lowest BCUT2D eigenvalue weighted by Crippen LogP contribution is -2.07. The summed E-state index contributed by atoms with van der Waals surface area (Å²) in [5.41, 5.74) is 0.870. The molecular weight excluding hydrogens is 264 g/mol. The monoisotopic (exact) mass is 282 g/mol. The lowest BCUT2D eigenvalue weighted by atomic mass is 10.2. The lowest BCUT2D eigenvalue weighted by Gasteiger charge is -2.15. The number of anilines is 1. The molecule has 0 spiro atoms. The Kier molecular flexibility index (Phi) is 4.42. The molecule has 5 nitrogen and oxygen atoms in total. The second-order valence-electron chi connectivity index (χ2n) is 4.11. The van der Waals surface area contributed by atoms with E-state index < -0.39 is 0 Å². The van der Waals surface area contributed by atoms with Gasteiger partial charge in [-0.25, -0.2) is 0 Å². The Hall–Kier alpha value is -1.56. The van der Waals surface area contributed by atoms with Gasteiger partial charge in [0.1, 0.15) is 0 Å². The van der Waals surface area contributed by atoms with Crippen molar-refractivity contribution < 1.29 is 14.2 Å². The van der Waals surface area contributed by atoms with Crippen molar-refractivity contribution in [2.75, 3.05) is 33.2 Å². The molecule has 1 heterocycles. The minimum atomic E-state index is 0.518. The van der Waals surface area contributed by atoms with Crippen LogP contribution in [0.25, 0.3) is 0 Å². The van der Waals surface area contributed by atoms with Crippen molar-refractivity contribution in [2.45, 2.75) is 12.2 Å². The predicted molar refractivity (Wildman–Crippen MR) is 79.1 cm³/mol. The number of ether oxygens (including phenoxy) is 3. The summed E-state index contributed by atoms with van der Waals surface area (Å²) < 4.78 is 15.9. The van der Waals surface area contributed by atoms with E-state index in [0.29, 0.717) is 22.5 Å². The van der Waals surface area contributed by atoms with Gasteiger partial charge >= 0.3 is 0 Å². The minimum Gasteiger partial charge on any atom is -0.493 e. The summed E-state index contributed by atoms with van der Waals surface area (Å²) in [4.78, 5) is 4.42. The van der Waals surface area contributed by atoms with E-state index in [2.05, 4.69) is 17.2 Å². The molecule has 19 heavy (non-hydrogen) atoms. The molecule has 6 heteroatoms. The molecule has 0 saturated heterocycles. The maximum Gasteiger partial charge on any atom is 0.203 e. The zero-order chi connectivity index (χ0) is 13.8. The summed E-state index contributed by atoms with van der Waals surface area (Å²) in [5.74, 6) is 1.84. The Morgan fingerprint density at radius 3 is 2.21 bits per heavy atom. The van der Waals surface area contributed by atoms with E-state index in [1.54, 1.807) is 33.1 Å². The number of rotatable bonds is 4. The largest absolute Gasteiger partial charge is 0.493 e. The molecule has 1 aromatic carbocycles. The molecule has 1 aliphatic heterocycles. The van der Waals surface area contributed by atoms with Crippen molar-refractivity contribution in [1.29, 1.82) is 0 Å². The molecule has 2 rings (SSSR count). The highest BCUT2D eigenvalue weighted by Crippen LogP contribution is 2.40. The molecule has 1 unspecified atom stereocenters. The van der Waals surface area contributed by atoms with Crippen LogP contribution in [0.2, 0.25) is 0 Å². The molecule has 1 atom stereocenters. The molecule has 0 bridgehead atoms. The van der Waals surface area contributed by atoms with E-state index in [1.807, 2.05) is 12.1 Å². The molecule has 0 aliphatic carbocycles. The van der Waals surface area contributed by atoms with Crippen LogP contribution in [0.15, 0.2) is 17.1 Å². The molecule has 104 valence electrons. The van der Waals surface area contributed by atoms with Gasteiger partial charge in [0.15, 0.2) is 16.7 Å². The number of aliphatic imine (C=N–C) groups is 1. The van der Waals surface area contributed by atoms with Crippen LogP contribution in [-0.2, 0) is 0 Å². The van der Waals surface area contributed by atoms with Gasteiger partial charge in [0.2, 0.25) is 5.75 Å². The zero-order valence-corrected chi connectivity index (χ0v) is 12.3. The molecule has 1 aliphatic rings. The van der Waals surface area contributed by atoms with E-state index in [1.165, 1.54) is 0 Å². The summed E-state index contributed by atoms with van der Waals surface area (Å²) in [6.45, 7) is 3.00. The fraction of sp³-hybridized carbons (Fsp3) is 0.462. The van der Waals surface area contributed by atoms with Crippen LogP contribution in [0, 0.1) is 0 Å². The van der Waals surface area contributed by atoms with Crippen LogP contribution in [-0.4, -0.2) is 38.3 Å². The highest BCUT2D eigenvalue weighted by molar-refractivity contribution is 8.15. The summed E-state index contributed by atoms with van der Waals surface area (Å²) in [7, 11) is 4.79. The van der Waals surface area contributed by atoms with Crippen LogP contribution >= 0.6 is 11.8 Å². The van der Waals surface area contributed by atoms with Gasteiger partial charge in [0.05, 0.1) is 27.9 Å². The number of hydrogen-bond acceptors (Lipinski definition) is 6. The van der Waals surface area contributed by atoms with E-state index >= 15 is 0 Å². The first-order valence-corrected chi connectivity index (χ1v) is 6.84. The summed E-state index contributed by atoms with van der Waals surface area (Å²) in [6.07, 6.45) is 0. The SMILES string of the molecule is COc1cc(NC2=NCC(C)S2)cc(OC)c1OC. The Morgan fingerprint density at radius 1 is 1.16 bits per heavy atom. The number of methoxy groups -OCH3 is 3. The van der Waals surface area contributed by atoms with Crippen molar-refractivity contribution in [3.05, 3.63) is 12.1 Å². The van der Waals surface area contributed by atoms with Crippen molar-refractivity contribution in [2.24, 2.45) is 4.99 Å². The highest BCUT2D eigenvalue weighted by Gasteiger charge is 2.17. The fourth-order valence-corrected chi connectivity index (χ4v) is 2.68. The van der Waals surface area contributed by atoms with Crippen LogP contribution < -0.4 is 19.5 Å². The number of benzene rings is 1. The van der Waals surface area contributed by atoms with Crippen molar-refractivity contribution in [3.63, 3.8) is 0 Å². The van der Waals surface area contributed by atoms with E-state index in [0.717, 1.165) is 17.4 Å². The molecule has 0 fully saturated rings. The van der Waals surface area contributed by atoms with Gasteiger partial charge < -0.3 is 19.5 Å². The van der Waals surface area contributed by atoms with Gasteiger partial charge in [-0.05, 0) is 0 Å². The molecule has 0 aromatic heterocycles. The maximum absolute atomic E-state index is 5.31. The van der Waals surface area contributed by atoms with Gasteiger partial charge in [0.25, 0.3) is 0 Å². The van der Waals surface area contributed by atoms with Gasteiger partial charge in [-0.15, -0.1) is 0 Å². The fourth-order valence-electron chi connectivity index (χ4n) is 1.82. The summed E-state index contributed by atoms with van der Waals surface area (Å²) >= 11 is 1.72. The average Bonchev–Trinajstić information content (AvgIpc) is 2.82. The number of nitrogens with one attached hydrogen (secondary N) is 1. The van der Waals surface area contributed by atoms with Crippen LogP contribution in [0.5, 0.6) is 17.2 Å². The molecule has 1 N–H and O–H groups in total. The highest BCUT2D eigenvalue weighted by atomic mass is 32.2. The zero-order valence-electron chi connectivity index (χ0n) is 11.5. The molecule has 0 amide bonds. The minimum absolute atomic E-state index is 0.518. The Bertz CT molecular complexity index is 466. The van der Waals surface area contributed by atoms with E-state index in [-0.39, 0.29) is 0 Å². The second kappa shape index (κ2) is 6.06. The van der Waals surface area contributed by atoms with Crippen molar-refractivity contribution in [3.8, 4) is 17.2 Å². The first-order valence-electron chi connectivity index (χ1n) is 5.96. The normalized spacial score (nSPS) is 17.9. The topological polar surface area (TPSA) is 52.1 Å². The Morgan fingerprint density at radius 2 is 1.79 bits per heavy atom. The number of hydrogen-bond donors (Lipinski definition) is 1. The standard InChI is InChI=1S/C13H18N2O3S/c1-8-7-14-13(19-8)15-9-5-10(16-2)12(18-4)11(6-9)17-3/h5-6,8H,7H2,1-4H3,(H,14,15). The smallest absolute Gasteiger partial charge is 0.203 e. The third-order valence-corrected chi connectivity index (χ3v) is 3.73. The molecule has 0 saturated carbocycles. The van der Waals surface area contributed by atoms with Crippen molar-refractivity contribution >= 4 is 22.6 Å². The quantitative estimate of drug-likeness (QED) is 0.920. The lowest BCUT2D eigenvalue weighted by molar-refractivity contribution is 0.324. The van der Waals surface area contributed by atoms with Crippen LogP contribution in [0.1, 0.15) is 6.92 Å². The summed E-state index contributed by atoms with van der Waals surface area (Å²) in [6, 6.07) is 3.74. The molecular formula is C13H18N2O3S. The van der Waals surface area contributed by atoms with Crippen molar-refractivity contribution in [1.82, 2.24) is 0 Å². The second-order valence-corrected chi connectivity index (χ2v) is 5.54. The number of nitrogens with zero attached hydrogens (tertiary/aromatic N) is 1. The summed E-state index contributed by atoms with van der Waals surface area (Å²) in [5, 5.41) is 4.71. The number of amidine groups is 1. The molecule has 1 aromatic rings. The third-order valence-electron chi connectivity index (χ3n) is 2.72. The van der Waals surface area contributed by atoms with Gasteiger partial charge in [-0.3, -0.25) is 4.99 Å². The maximum atomic E-state index is 5.31. The molecule has 0 radical (unpaired) electrons. The Balaban J connectivity index is 2.26. The third kappa shape index (κ3) is 3.07. The van der Waals surface area contributed by atoms with Crippen LogP contribution in [0.3, 0.4) is 0 Å². The van der Waals surface area contributed by atoms with Gasteiger partial charge in [0, 0.05) is 23.1 Å². The van der Waals surface area contributed by atoms with E-state index in [4.69, 9.17) is 14.2 Å². The Labute approximate surface area is 117 Å².